The lowest BCUT2D eigenvalue weighted by Crippen LogP contribution is -2.52. The summed E-state index contributed by atoms with van der Waals surface area (Å²) < 4.78 is 4.62. The minimum atomic E-state index is -0.914. The molecule has 0 saturated heterocycles. The molecule has 120 valence electrons. The quantitative estimate of drug-likeness (QED) is 0.719. The summed E-state index contributed by atoms with van der Waals surface area (Å²) in [5.41, 5.74) is -0.661. The van der Waals surface area contributed by atoms with Gasteiger partial charge in [-0.05, 0) is 12.8 Å². The largest absolute Gasteiger partial charge is 0.481 e. The smallest absolute Gasteiger partial charge is 0.317 e. The van der Waals surface area contributed by atoms with Crippen LogP contribution >= 0.6 is 0 Å². The van der Waals surface area contributed by atoms with E-state index < -0.39 is 17.4 Å². The predicted octanol–water partition coefficient (Wildman–Crippen LogP) is 1.22. The minimum Gasteiger partial charge on any atom is -0.481 e. The topological polar surface area (TPSA) is 95.9 Å². The Morgan fingerprint density at radius 1 is 1.33 bits per heavy atom. The van der Waals surface area contributed by atoms with Crippen molar-refractivity contribution < 1.29 is 24.2 Å². The molecular formula is C14H24N2O5. The van der Waals surface area contributed by atoms with Gasteiger partial charge in [-0.3, -0.25) is 9.59 Å². The number of urea groups is 1. The SMILES string of the molecule is COC(=O)C(C)CN(C)C(=O)NC1(CC(=O)O)CCCC1. The number of amides is 2. The van der Waals surface area contributed by atoms with Crippen LogP contribution < -0.4 is 5.32 Å². The van der Waals surface area contributed by atoms with Crippen molar-refractivity contribution in [3.8, 4) is 0 Å². The van der Waals surface area contributed by atoms with Crippen LogP contribution in [0.4, 0.5) is 4.79 Å². The second kappa shape index (κ2) is 7.28. The van der Waals surface area contributed by atoms with Crippen molar-refractivity contribution in [1.82, 2.24) is 10.2 Å². The van der Waals surface area contributed by atoms with Crippen molar-refractivity contribution >= 4 is 18.0 Å². The molecule has 1 saturated carbocycles. The Labute approximate surface area is 124 Å². The summed E-state index contributed by atoms with van der Waals surface area (Å²) in [6, 6.07) is -0.353. The molecule has 2 amide bonds. The van der Waals surface area contributed by atoms with E-state index in [1.165, 1.54) is 12.0 Å². The molecular weight excluding hydrogens is 276 g/mol. The molecule has 21 heavy (non-hydrogen) atoms. The summed E-state index contributed by atoms with van der Waals surface area (Å²) in [6.45, 7) is 1.90. The molecule has 0 radical (unpaired) electrons. The fraction of sp³-hybridized carbons (Fsp3) is 0.786. The zero-order valence-corrected chi connectivity index (χ0v) is 12.8. The zero-order chi connectivity index (χ0) is 16.0. The number of nitrogens with one attached hydrogen (secondary N) is 1. The number of aliphatic carboxylic acids is 1. The van der Waals surface area contributed by atoms with Crippen LogP contribution in [0.3, 0.4) is 0 Å². The monoisotopic (exact) mass is 300 g/mol. The summed E-state index contributed by atoms with van der Waals surface area (Å²) in [5, 5.41) is 11.9. The first-order valence-corrected chi connectivity index (χ1v) is 7.12. The van der Waals surface area contributed by atoms with Crippen molar-refractivity contribution in [2.75, 3.05) is 20.7 Å². The van der Waals surface area contributed by atoms with E-state index in [0.717, 1.165) is 12.8 Å². The number of carboxylic acids is 1. The van der Waals surface area contributed by atoms with Crippen LogP contribution in [-0.4, -0.2) is 54.2 Å². The molecule has 0 spiro atoms. The van der Waals surface area contributed by atoms with Crippen molar-refractivity contribution in [3.63, 3.8) is 0 Å². The average Bonchev–Trinajstić information content (AvgIpc) is 2.84. The highest BCUT2D eigenvalue weighted by Gasteiger charge is 2.38. The van der Waals surface area contributed by atoms with Crippen LogP contribution in [0, 0.1) is 5.92 Å². The molecule has 0 aliphatic heterocycles. The van der Waals surface area contributed by atoms with Gasteiger partial charge in [0.25, 0.3) is 0 Å². The summed E-state index contributed by atoms with van der Waals surface area (Å²) >= 11 is 0. The molecule has 0 aromatic heterocycles. The van der Waals surface area contributed by atoms with Gasteiger partial charge in [-0.25, -0.2) is 4.79 Å². The van der Waals surface area contributed by atoms with Gasteiger partial charge in [-0.15, -0.1) is 0 Å². The van der Waals surface area contributed by atoms with Crippen molar-refractivity contribution in [2.45, 2.75) is 44.6 Å². The molecule has 1 aliphatic carbocycles. The molecule has 7 nitrogen and oxygen atoms in total. The third-order valence-corrected chi connectivity index (χ3v) is 3.92. The van der Waals surface area contributed by atoms with Crippen LogP contribution in [0.5, 0.6) is 0 Å². The van der Waals surface area contributed by atoms with E-state index >= 15 is 0 Å². The Hall–Kier alpha value is -1.79. The van der Waals surface area contributed by atoms with Gasteiger partial charge in [0.1, 0.15) is 0 Å². The number of rotatable bonds is 6. The summed E-state index contributed by atoms with van der Waals surface area (Å²) in [4.78, 5) is 36.0. The molecule has 0 heterocycles. The molecule has 1 atom stereocenters. The van der Waals surface area contributed by atoms with Gasteiger partial charge in [-0.1, -0.05) is 19.8 Å². The first kappa shape index (κ1) is 17.3. The molecule has 1 fully saturated rings. The van der Waals surface area contributed by atoms with Crippen LogP contribution in [0.1, 0.15) is 39.0 Å². The third-order valence-electron chi connectivity index (χ3n) is 3.92. The van der Waals surface area contributed by atoms with E-state index in [1.807, 2.05) is 0 Å². The van der Waals surface area contributed by atoms with Crippen LogP contribution in [0.2, 0.25) is 0 Å². The average molecular weight is 300 g/mol. The van der Waals surface area contributed by atoms with Crippen LogP contribution in [-0.2, 0) is 14.3 Å². The van der Waals surface area contributed by atoms with E-state index in [9.17, 15) is 14.4 Å². The van der Waals surface area contributed by atoms with Crippen LogP contribution in [0.25, 0.3) is 0 Å². The highest BCUT2D eigenvalue weighted by Crippen LogP contribution is 2.32. The fourth-order valence-electron chi connectivity index (χ4n) is 2.78. The molecule has 7 heteroatoms. The Kier molecular flexibility index (Phi) is 5.99. The van der Waals surface area contributed by atoms with Gasteiger partial charge in [0.05, 0.1) is 25.0 Å². The second-order valence-electron chi connectivity index (χ2n) is 5.79. The first-order valence-electron chi connectivity index (χ1n) is 7.12. The maximum atomic E-state index is 12.2. The van der Waals surface area contributed by atoms with Gasteiger partial charge >= 0.3 is 18.0 Å². The van der Waals surface area contributed by atoms with Gasteiger partial charge in [0, 0.05) is 13.6 Å². The second-order valence-corrected chi connectivity index (χ2v) is 5.79. The maximum absolute atomic E-state index is 12.2. The minimum absolute atomic E-state index is 0.0703. The highest BCUT2D eigenvalue weighted by molar-refractivity contribution is 5.78. The summed E-state index contributed by atoms with van der Waals surface area (Å²) in [5.74, 6) is -1.72. The fourth-order valence-corrected chi connectivity index (χ4v) is 2.78. The maximum Gasteiger partial charge on any atom is 0.317 e. The standard InChI is InChI=1S/C14H24N2O5/c1-10(12(19)21-3)9-16(2)13(20)15-14(8-11(17)18)6-4-5-7-14/h10H,4-9H2,1-3H3,(H,15,20)(H,17,18). The Bertz CT molecular complexity index is 404. The van der Waals surface area contributed by atoms with Crippen molar-refractivity contribution in [3.05, 3.63) is 0 Å². The number of ether oxygens (including phenoxy) is 1. The lowest BCUT2D eigenvalue weighted by molar-refractivity contribution is -0.145. The number of esters is 1. The first-order chi connectivity index (χ1) is 9.79. The van der Waals surface area contributed by atoms with Gasteiger partial charge in [0.2, 0.25) is 0 Å². The van der Waals surface area contributed by atoms with E-state index in [4.69, 9.17) is 5.11 Å². The van der Waals surface area contributed by atoms with Crippen LogP contribution in [0.15, 0.2) is 0 Å². The van der Waals surface area contributed by atoms with Gasteiger partial charge in [-0.2, -0.15) is 0 Å². The normalized spacial score (nSPS) is 17.9. The molecule has 2 N–H and O–H groups in total. The molecule has 1 rings (SSSR count). The van der Waals surface area contributed by atoms with Gasteiger partial charge < -0.3 is 20.1 Å². The number of hydrogen-bond donors (Lipinski definition) is 2. The lowest BCUT2D eigenvalue weighted by Gasteiger charge is -2.31. The van der Waals surface area contributed by atoms with E-state index in [1.54, 1.807) is 14.0 Å². The van der Waals surface area contributed by atoms with E-state index in [2.05, 4.69) is 10.1 Å². The Morgan fingerprint density at radius 3 is 2.38 bits per heavy atom. The molecule has 0 aromatic rings. The molecule has 1 unspecified atom stereocenters. The number of nitrogens with zero attached hydrogens (tertiary/aromatic N) is 1. The zero-order valence-electron chi connectivity index (χ0n) is 12.8. The van der Waals surface area contributed by atoms with Gasteiger partial charge in [0.15, 0.2) is 0 Å². The summed E-state index contributed by atoms with van der Waals surface area (Å²) in [6.07, 6.45) is 3.10. The Balaban J connectivity index is 2.61. The predicted molar refractivity (Wildman–Crippen MR) is 75.8 cm³/mol. The number of carbonyl (C=O) groups is 3. The highest BCUT2D eigenvalue weighted by atomic mass is 16.5. The lowest BCUT2D eigenvalue weighted by atomic mass is 9.93. The van der Waals surface area contributed by atoms with Crippen molar-refractivity contribution in [1.29, 1.82) is 0 Å². The van der Waals surface area contributed by atoms with E-state index in [0.29, 0.717) is 12.8 Å². The number of carbonyl (C=O) groups excluding carboxylic acids is 2. The third kappa shape index (κ3) is 4.91. The number of carboxylic acid groups (broad SMARTS) is 1. The molecule has 1 aliphatic rings. The molecule has 0 aromatic carbocycles. The number of methoxy groups -OCH3 is 1. The Morgan fingerprint density at radius 2 is 1.90 bits per heavy atom. The number of hydrogen-bond acceptors (Lipinski definition) is 4. The summed E-state index contributed by atoms with van der Waals surface area (Å²) in [7, 11) is 2.89. The van der Waals surface area contributed by atoms with Crippen molar-refractivity contribution in [2.24, 2.45) is 5.92 Å². The van der Waals surface area contributed by atoms with E-state index in [-0.39, 0.29) is 25.0 Å². The molecule has 0 bridgehead atoms.